The quantitative estimate of drug-likeness (QED) is 0.544. The van der Waals surface area contributed by atoms with Gasteiger partial charge < -0.3 is 4.90 Å². The van der Waals surface area contributed by atoms with Gasteiger partial charge in [-0.15, -0.1) is 0 Å². The number of carbonyl (C=O) groups excluding carboxylic acids is 1. The number of hydrogen-bond donors (Lipinski definition) is 0. The molecule has 0 aromatic carbocycles. The average Bonchev–Trinajstić information content (AvgIpc) is 1.87. The van der Waals surface area contributed by atoms with Gasteiger partial charge in [-0.05, 0) is 11.8 Å². The summed E-state index contributed by atoms with van der Waals surface area (Å²) in [6.45, 7) is 7.36. The molecule has 0 N–H and O–H groups in total. The molecule has 0 aliphatic carbocycles. The Morgan fingerprint density at radius 2 is 1.90 bits per heavy atom. The molecule has 0 aliphatic heterocycles. The van der Waals surface area contributed by atoms with Crippen LogP contribution in [0.2, 0.25) is 0 Å². The minimum atomic E-state index is 0.593. The van der Waals surface area contributed by atoms with Crippen LogP contribution >= 0.6 is 0 Å². The second kappa shape index (κ2) is 4.31. The van der Waals surface area contributed by atoms with Crippen molar-refractivity contribution in [1.29, 1.82) is 0 Å². The molecular formula is C8H17NO. The van der Waals surface area contributed by atoms with E-state index in [1.165, 1.54) is 0 Å². The van der Waals surface area contributed by atoms with E-state index in [4.69, 9.17) is 0 Å². The molecule has 0 aliphatic rings. The van der Waals surface area contributed by atoms with E-state index in [0.29, 0.717) is 11.8 Å². The van der Waals surface area contributed by atoms with Crippen molar-refractivity contribution in [2.75, 3.05) is 13.6 Å². The van der Waals surface area contributed by atoms with Crippen LogP contribution in [0, 0.1) is 11.8 Å². The van der Waals surface area contributed by atoms with Gasteiger partial charge in [-0.3, -0.25) is 4.79 Å². The molecule has 0 saturated carbocycles. The van der Waals surface area contributed by atoms with Gasteiger partial charge in [0.2, 0.25) is 6.41 Å². The van der Waals surface area contributed by atoms with Gasteiger partial charge in [-0.2, -0.15) is 0 Å². The lowest BCUT2D eigenvalue weighted by Crippen LogP contribution is -2.25. The van der Waals surface area contributed by atoms with Crippen molar-refractivity contribution in [1.82, 2.24) is 4.90 Å². The predicted molar refractivity (Wildman–Crippen MR) is 42.7 cm³/mol. The molecule has 0 saturated heterocycles. The molecule has 0 spiro atoms. The van der Waals surface area contributed by atoms with Crippen LogP contribution in [0.15, 0.2) is 0 Å². The van der Waals surface area contributed by atoms with E-state index in [1.807, 2.05) is 7.05 Å². The zero-order chi connectivity index (χ0) is 8.15. The molecule has 0 radical (unpaired) electrons. The Hall–Kier alpha value is -0.530. The molecule has 0 aromatic heterocycles. The fourth-order valence-electron chi connectivity index (χ4n) is 0.708. The number of carbonyl (C=O) groups is 1. The minimum absolute atomic E-state index is 0.593. The van der Waals surface area contributed by atoms with Crippen LogP contribution < -0.4 is 0 Å². The third-order valence-electron chi connectivity index (χ3n) is 1.89. The number of nitrogens with zero attached hydrogens (tertiary/aromatic N) is 1. The number of amides is 1. The van der Waals surface area contributed by atoms with Crippen LogP contribution in [0.4, 0.5) is 0 Å². The van der Waals surface area contributed by atoms with Crippen LogP contribution in [-0.4, -0.2) is 24.9 Å². The first-order valence-corrected chi connectivity index (χ1v) is 3.73. The Balaban J connectivity index is 3.56. The lowest BCUT2D eigenvalue weighted by Gasteiger charge is -2.19. The Bertz CT molecular complexity index is 101. The third-order valence-corrected chi connectivity index (χ3v) is 1.89. The van der Waals surface area contributed by atoms with E-state index >= 15 is 0 Å². The van der Waals surface area contributed by atoms with Gasteiger partial charge in [0.05, 0.1) is 0 Å². The summed E-state index contributed by atoms with van der Waals surface area (Å²) in [5.74, 6) is 1.25. The van der Waals surface area contributed by atoms with Crippen LogP contribution in [-0.2, 0) is 4.79 Å². The maximum Gasteiger partial charge on any atom is 0.209 e. The standard InChI is InChI=1S/C8H17NO/c1-7(2)8(3)5-9(4)6-10/h6-8H,5H2,1-4H3. The average molecular weight is 143 g/mol. The maximum absolute atomic E-state index is 10.2. The summed E-state index contributed by atoms with van der Waals surface area (Å²) in [7, 11) is 1.81. The summed E-state index contributed by atoms with van der Waals surface area (Å²) < 4.78 is 0. The van der Waals surface area contributed by atoms with Crippen molar-refractivity contribution < 1.29 is 4.79 Å². The van der Waals surface area contributed by atoms with Gasteiger partial charge in [0.25, 0.3) is 0 Å². The highest BCUT2D eigenvalue weighted by Gasteiger charge is 2.07. The van der Waals surface area contributed by atoms with Crippen molar-refractivity contribution in [3.05, 3.63) is 0 Å². The molecular weight excluding hydrogens is 126 g/mol. The first-order chi connectivity index (χ1) is 4.57. The number of hydrogen-bond acceptors (Lipinski definition) is 1. The molecule has 0 aromatic rings. The van der Waals surface area contributed by atoms with Crippen molar-refractivity contribution in [2.45, 2.75) is 20.8 Å². The molecule has 0 heterocycles. The van der Waals surface area contributed by atoms with Crippen LogP contribution in [0.25, 0.3) is 0 Å². The summed E-state index contributed by atoms with van der Waals surface area (Å²) in [5.41, 5.74) is 0. The molecule has 0 fully saturated rings. The van der Waals surface area contributed by atoms with Crippen molar-refractivity contribution in [3.63, 3.8) is 0 Å². The summed E-state index contributed by atoms with van der Waals surface area (Å²) in [6, 6.07) is 0. The Morgan fingerprint density at radius 3 is 2.20 bits per heavy atom. The van der Waals surface area contributed by atoms with Crippen LogP contribution in [0.1, 0.15) is 20.8 Å². The van der Waals surface area contributed by atoms with Crippen molar-refractivity contribution >= 4 is 6.41 Å². The second-order valence-electron chi connectivity index (χ2n) is 3.27. The Morgan fingerprint density at radius 1 is 1.40 bits per heavy atom. The van der Waals surface area contributed by atoms with E-state index < -0.39 is 0 Å². The molecule has 60 valence electrons. The SMILES string of the molecule is CC(C)C(C)CN(C)C=O. The monoisotopic (exact) mass is 143 g/mol. The molecule has 2 nitrogen and oxygen atoms in total. The second-order valence-corrected chi connectivity index (χ2v) is 3.27. The predicted octanol–water partition coefficient (Wildman–Crippen LogP) is 1.37. The summed E-state index contributed by atoms with van der Waals surface area (Å²) >= 11 is 0. The van der Waals surface area contributed by atoms with Crippen molar-refractivity contribution in [2.24, 2.45) is 11.8 Å². The summed E-state index contributed by atoms with van der Waals surface area (Å²) in [6.07, 6.45) is 0.874. The highest BCUT2D eigenvalue weighted by Crippen LogP contribution is 2.09. The summed E-state index contributed by atoms with van der Waals surface area (Å²) in [4.78, 5) is 11.9. The molecule has 1 atom stereocenters. The highest BCUT2D eigenvalue weighted by molar-refractivity contribution is 5.46. The van der Waals surface area contributed by atoms with Gasteiger partial charge in [-0.25, -0.2) is 0 Å². The normalized spacial score (nSPS) is 13.3. The van der Waals surface area contributed by atoms with E-state index in [-0.39, 0.29) is 0 Å². The lowest BCUT2D eigenvalue weighted by atomic mass is 9.98. The van der Waals surface area contributed by atoms with E-state index in [9.17, 15) is 4.79 Å². The first-order valence-electron chi connectivity index (χ1n) is 3.73. The van der Waals surface area contributed by atoms with E-state index in [2.05, 4.69) is 20.8 Å². The molecule has 0 bridgehead atoms. The fraction of sp³-hybridized carbons (Fsp3) is 0.875. The third kappa shape index (κ3) is 3.49. The van der Waals surface area contributed by atoms with E-state index in [1.54, 1.807) is 4.90 Å². The topological polar surface area (TPSA) is 20.3 Å². The molecule has 1 unspecified atom stereocenters. The molecule has 1 amide bonds. The van der Waals surface area contributed by atoms with Crippen LogP contribution in [0.3, 0.4) is 0 Å². The lowest BCUT2D eigenvalue weighted by molar-refractivity contribution is -0.117. The van der Waals surface area contributed by atoms with Gasteiger partial charge in [0, 0.05) is 13.6 Å². The van der Waals surface area contributed by atoms with Crippen molar-refractivity contribution in [3.8, 4) is 0 Å². The smallest absolute Gasteiger partial charge is 0.209 e. The van der Waals surface area contributed by atoms with Crippen LogP contribution in [0.5, 0.6) is 0 Å². The van der Waals surface area contributed by atoms with Gasteiger partial charge in [-0.1, -0.05) is 20.8 Å². The van der Waals surface area contributed by atoms with Gasteiger partial charge >= 0.3 is 0 Å². The molecule has 10 heavy (non-hydrogen) atoms. The van der Waals surface area contributed by atoms with Gasteiger partial charge in [0.1, 0.15) is 0 Å². The zero-order valence-corrected chi connectivity index (χ0v) is 7.29. The maximum atomic E-state index is 10.2. The largest absolute Gasteiger partial charge is 0.348 e. The van der Waals surface area contributed by atoms with E-state index in [0.717, 1.165) is 13.0 Å². The first kappa shape index (κ1) is 9.47. The Kier molecular flexibility index (Phi) is 4.08. The minimum Gasteiger partial charge on any atom is -0.348 e. The summed E-state index contributed by atoms with van der Waals surface area (Å²) in [5, 5.41) is 0. The molecule has 2 heteroatoms. The van der Waals surface area contributed by atoms with Gasteiger partial charge in [0.15, 0.2) is 0 Å². The molecule has 0 rings (SSSR count). The zero-order valence-electron chi connectivity index (χ0n) is 7.29. The number of rotatable bonds is 4. The Labute approximate surface area is 63.2 Å². The highest BCUT2D eigenvalue weighted by atomic mass is 16.1. The fourth-order valence-corrected chi connectivity index (χ4v) is 0.708.